The molecule has 4 rings (SSSR count). The van der Waals surface area contributed by atoms with Crippen molar-refractivity contribution in [1.29, 1.82) is 0 Å². The predicted octanol–water partition coefficient (Wildman–Crippen LogP) is -4.12. The Morgan fingerprint density at radius 3 is 1.18 bits per heavy atom. The minimum atomic E-state index is -5.32. The molecule has 0 N–H and O–H groups in total. The molecule has 0 aliphatic rings. The van der Waals surface area contributed by atoms with Crippen LogP contribution in [0.3, 0.4) is 0 Å². The van der Waals surface area contributed by atoms with Gasteiger partial charge in [0.15, 0.2) is 6.79 Å². The van der Waals surface area contributed by atoms with Crippen LogP contribution in [0, 0.1) is 0 Å². The van der Waals surface area contributed by atoms with Crippen LogP contribution >= 0.6 is 0 Å². The van der Waals surface area contributed by atoms with Crippen molar-refractivity contribution in [3.63, 3.8) is 0 Å². The maximum atomic E-state index is 12.9. The fourth-order valence-corrected chi connectivity index (χ4v) is 8.17. The third-order valence-corrected chi connectivity index (χ3v) is 9.84. The van der Waals surface area contributed by atoms with Gasteiger partial charge in [-0.2, -0.15) is 16.8 Å². The van der Waals surface area contributed by atoms with Crippen molar-refractivity contribution in [2.45, 2.75) is 19.6 Å². The molecule has 0 spiro atoms. The van der Waals surface area contributed by atoms with E-state index < -0.39 is 66.8 Å². The zero-order valence-corrected chi connectivity index (χ0v) is 27.4. The maximum Gasteiger partial charge on any atom is 1.00 e. The number of fused-ring (bicyclic) bond motifs is 2. The van der Waals surface area contributed by atoms with Crippen molar-refractivity contribution >= 4 is 62.0 Å². The fourth-order valence-electron chi connectivity index (χ4n) is 3.62. The molecular formula is C21H14Na2O12S4. The molecule has 0 fully saturated rings. The van der Waals surface area contributed by atoms with Gasteiger partial charge in [-0.05, 0) is 22.9 Å². The first kappa shape index (κ1) is 34.2. The minimum absolute atomic E-state index is 0. The third kappa shape index (κ3) is 7.28. The summed E-state index contributed by atoms with van der Waals surface area (Å²) in [4.78, 5) is -4.34. The summed E-state index contributed by atoms with van der Waals surface area (Å²) in [6.07, 6.45) is 0. The fraction of sp³-hybridized carbons (Fsp3) is 0.0476. The molecule has 4 aromatic carbocycles. The van der Waals surface area contributed by atoms with Crippen LogP contribution in [-0.2, 0) is 48.8 Å². The first-order valence-electron chi connectivity index (χ1n) is 9.87. The van der Waals surface area contributed by atoms with Gasteiger partial charge in [0, 0.05) is 10.8 Å². The van der Waals surface area contributed by atoms with Gasteiger partial charge in [-0.3, -0.25) is 0 Å². The van der Waals surface area contributed by atoms with Crippen molar-refractivity contribution in [2.24, 2.45) is 0 Å². The van der Waals surface area contributed by atoms with E-state index in [9.17, 15) is 42.8 Å². The number of hydrogen-bond donors (Lipinski definition) is 0. The van der Waals surface area contributed by atoms with Crippen molar-refractivity contribution in [2.75, 3.05) is 6.79 Å². The van der Waals surface area contributed by atoms with Crippen LogP contribution in [0.1, 0.15) is 0 Å². The molecule has 196 valence electrons. The van der Waals surface area contributed by atoms with Crippen LogP contribution in [0.15, 0.2) is 92.4 Å². The molecule has 12 nitrogen and oxygen atoms in total. The van der Waals surface area contributed by atoms with E-state index in [2.05, 4.69) is 8.37 Å². The molecule has 0 saturated heterocycles. The number of benzene rings is 4. The van der Waals surface area contributed by atoms with E-state index in [0.717, 1.165) is 12.1 Å². The van der Waals surface area contributed by atoms with Crippen molar-refractivity contribution in [3.8, 4) is 0 Å². The van der Waals surface area contributed by atoms with E-state index >= 15 is 0 Å². The quantitative estimate of drug-likeness (QED) is 0.0788. The summed E-state index contributed by atoms with van der Waals surface area (Å²) in [6.45, 7) is -1.58. The molecule has 0 bridgehead atoms. The van der Waals surface area contributed by atoms with Gasteiger partial charge in [0.05, 0.1) is 9.79 Å². The Balaban J connectivity index is 0.00000267. The van der Waals surface area contributed by atoms with Crippen LogP contribution in [0.25, 0.3) is 21.5 Å². The molecule has 0 unspecified atom stereocenters. The molecule has 4 aromatic rings. The Hall–Kier alpha value is -0.960. The van der Waals surface area contributed by atoms with Gasteiger partial charge in [0.25, 0.3) is 0 Å². The third-order valence-electron chi connectivity index (χ3n) is 5.13. The number of rotatable bonds is 8. The number of hydrogen-bond acceptors (Lipinski definition) is 12. The zero-order chi connectivity index (χ0) is 27.2. The first-order valence-corrected chi connectivity index (χ1v) is 15.5. The zero-order valence-electron chi connectivity index (χ0n) is 20.2. The Morgan fingerprint density at radius 2 is 0.846 bits per heavy atom. The molecule has 39 heavy (non-hydrogen) atoms. The second-order valence-corrected chi connectivity index (χ2v) is 13.2. The van der Waals surface area contributed by atoms with Crippen molar-refractivity contribution in [3.05, 3.63) is 72.8 Å². The van der Waals surface area contributed by atoms with E-state index in [0.29, 0.717) is 0 Å². The van der Waals surface area contributed by atoms with Gasteiger partial charge in [0.2, 0.25) is 0 Å². The van der Waals surface area contributed by atoms with Crippen LogP contribution in [0.5, 0.6) is 0 Å². The van der Waals surface area contributed by atoms with Gasteiger partial charge in [-0.1, -0.05) is 60.7 Å². The van der Waals surface area contributed by atoms with Crippen LogP contribution in [0.4, 0.5) is 0 Å². The summed E-state index contributed by atoms with van der Waals surface area (Å²) in [5.41, 5.74) is 0. The summed E-state index contributed by atoms with van der Waals surface area (Å²) in [6, 6.07) is 15.0. The van der Waals surface area contributed by atoms with E-state index in [1.165, 1.54) is 60.7 Å². The summed E-state index contributed by atoms with van der Waals surface area (Å²) >= 11 is 0. The van der Waals surface area contributed by atoms with Gasteiger partial charge in [-0.15, -0.1) is 0 Å². The molecular weight excluding hydrogens is 618 g/mol. The second kappa shape index (κ2) is 12.5. The molecule has 0 amide bonds. The Kier molecular flexibility index (Phi) is 11.0. The largest absolute Gasteiger partial charge is 1.00 e. The average molecular weight is 633 g/mol. The van der Waals surface area contributed by atoms with Crippen molar-refractivity contribution in [1.82, 2.24) is 0 Å². The molecule has 0 aliphatic heterocycles. The summed E-state index contributed by atoms with van der Waals surface area (Å²) in [7, 11) is -20.9. The van der Waals surface area contributed by atoms with Crippen LogP contribution in [0.2, 0.25) is 0 Å². The topological polar surface area (TPSA) is 201 Å². The standard InChI is InChI=1S/C21H16O12S4.2Na/c22-34(23,24)18-11-9-14-5-1-3-7-16(14)20(18)36(28,29)32-13-33-37(30,31)21-17-8-4-2-6-15(17)10-12-19(21)35(25,26)27;;/h1-12H,13H2,(H,22,23,24)(H,25,26,27);;/q;2*+1/p-2. The van der Waals surface area contributed by atoms with Crippen molar-refractivity contribution < 1.29 is 110 Å². The van der Waals surface area contributed by atoms with E-state index in [1.807, 2.05) is 0 Å². The molecule has 18 heteroatoms. The molecule has 0 saturated carbocycles. The SMILES string of the molecule is O=S(=O)([O-])c1ccc2ccccc2c1S(=O)(=O)OCOS(=O)(=O)c1c(S(=O)(=O)[O-])ccc2ccccc12.[Na+].[Na+]. The molecule has 0 atom stereocenters. The molecule has 0 heterocycles. The summed E-state index contributed by atoms with van der Waals surface area (Å²) in [5, 5.41) is 0.0606. The predicted molar refractivity (Wildman–Crippen MR) is 125 cm³/mol. The molecule has 0 aromatic heterocycles. The van der Waals surface area contributed by atoms with Crippen LogP contribution < -0.4 is 59.1 Å². The summed E-state index contributed by atoms with van der Waals surface area (Å²) < 4.78 is 131. The second-order valence-electron chi connectivity index (χ2n) is 7.40. The average Bonchev–Trinajstić information content (AvgIpc) is 2.81. The van der Waals surface area contributed by atoms with E-state index in [-0.39, 0.29) is 80.7 Å². The monoisotopic (exact) mass is 632 g/mol. The van der Waals surface area contributed by atoms with Gasteiger partial charge in [-0.25, -0.2) is 25.2 Å². The van der Waals surface area contributed by atoms with Gasteiger partial charge < -0.3 is 9.11 Å². The van der Waals surface area contributed by atoms with Crippen LogP contribution in [-0.4, -0.2) is 49.6 Å². The normalized spacial score (nSPS) is 12.6. The molecule has 0 radical (unpaired) electrons. The Labute approximate surface area is 268 Å². The minimum Gasteiger partial charge on any atom is -0.744 e. The van der Waals surface area contributed by atoms with Gasteiger partial charge >= 0.3 is 79.4 Å². The summed E-state index contributed by atoms with van der Waals surface area (Å²) in [5.74, 6) is 0. The Bertz CT molecular complexity index is 1850. The molecule has 0 aliphatic carbocycles. The Morgan fingerprint density at radius 1 is 0.513 bits per heavy atom. The van der Waals surface area contributed by atoms with E-state index in [1.54, 1.807) is 0 Å². The van der Waals surface area contributed by atoms with E-state index in [4.69, 9.17) is 0 Å². The maximum absolute atomic E-state index is 12.9. The van der Waals surface area contributed by atoms with Gasteiger partial charge in [0.1, 0.15) is 30.0 Å². The first-order chi connectivity index (χ1) is 17.1. The smallest absolute Gasteiger partial charge is 0.744 e.